The molecule has 1 radical (unpaired) electrons. The molecule has 3 nitrogen and oxygen atoms in total. The second-order valence-electron chi connectivity index (χ2n) is 3.75. The molecule has 2 heterocycles. The molecule has 1 aromatic carbocycles. The van der Waals surface area contributed by atoms with E-state index >= 15 is 0 Å². The van der Waals surface area contributed by atoms with Crippen LogP contribution in [0.1, 0.15) is 0 Å². The summed E-state index contributed by atoms with van der Waals surface area (Å²) in [4.78, 5) is 7.44. The van der Waals surface area contributed by atoms with Crippen molar-refractivity contribution < 1.29 is 4.74 Å². The number of nitrogens with one attached hydrogen (secondary N) is 1. The van der Waals surface area contributed by atoms with Crippen molar-refractivity contribution in [1.29, 1.82) is 0 Å². The Kier molecular flexibility index (Phi) is 2.29. The molecule has 0 aliphatic carbocycles. The molecule has 2 aromatic heterocycles. The van der Waals surface area contributed by atoms with Crippen molar-refractivity contribution in [2.75, 3.05) is 7.11 Å². The van der Waals surface area contributed by atoms with Gasteiger partial charge in [0.25, 0.3) is 0 Å². The SMILES string of the molecule is COc1[c]ccc(-c2c[nH]c3ncccc23)c1. The highest BCUT2D eigenvalue weighted by Gasteiger charge is 2.06. The number of aromatic nitrogens is 2. The number of methoxy groups -OCH3 is 1. The molecule has 3 rings (SSSR count). The standard InChI is InChI=1S/C14H11N2O/c1-17-11-5-2-4-10(8-11)13-9-16-14-12(13)6-3-7-15-14/h2-4,6-9H,1H3,(H,15,16). The predicted molar refractivity (Wildman–Crippen MR) is 66.9 cm³/mol. The Hall–Kier alpha value is -2.29. The van der Waals surface area contributed by atoms with Crippen molar-refractivity contribution in [1.82, 2.24) is 9.97 Å². The minimum atomic E-state index is 0.737. The number of ether oxygens (including phenoxy) is 1. The number of rotatable bonds is 2. The van der Waals surface area contributed by atoms with Crippen LogP contribution in [-0.4, -0.2) is 17.1 Å². The summed E-state index contributed by atoms with van der Waals surface area (Å²) in [7, 11) is 1.65. The fourth-order valence-electron chi connectivity index (χ4n) is 1.92. The summed E-state index contributed by atoms with van der Waals surface area (Å²) in [5.41, 5.74) is 3.12. The minimum Gasteiger partial charge on any atom is -0.496 e. The van der Waals surface area contributed by atoms with Gasteiger partial charge in [0.05, 0.1) is 7.11 Å². The van der Waals surface area contributed by atoms with Crippen LogP contribution in [0.2, 0.25) is 0 Å². The van der Waals surface area contributed by atoms with Gasteiger partial charge in [-0.2, -0.15) is 0 Å². The normalized spacial score (nSPS) is 10.6. The smallest absolute Gasteiger partial charge is 0.137 e. The van der Waals surface area contributed by atoms with Crippen LogP contribution in [0.4, 0.5) is 0 Å². The molecule has 83 valence electrons. The molecule has 0 amide bonds. The quantitative estimate of drug-likeness (QED) is 0.725. The highest BCUT2D eigenvalue weighted by molar-refractivity contribution is 5.93. The van der Waals surface area contributed by atoms with Crippen molar-refractivity contribution >= 4 is 11.0 Å². The van der Waals surface area contributed by atoms with Gasteiger partial charge in [0, 0.05) is 29.4 Å². The number of hydrogen-bond donors (Lipinski definition) is 1. The van der Waals surface area contributed by atoms with Crippen molar-refractivity contribution in [3.63, 3.8) is 0 Å². The van der Waals surface area contributed by atoms with Crippen LogP contribution in [0.25, 0.3) is 22.2 Å². The molecule has 3 heteroatoms. The molecule has 0 atom stereocenters. The van der Waals surface area contributed by atoms with Gasteiger partial charge in [-0.3, -0.25) is 0 Å². The molecule has 0 saturated heterocycles. The molecule has 3 aromatic rings. The Balaban J connectivity index is 2.20. The molecular weight excluding hydrogens is 212 g/mol. The van der Waals surface area contributed by atoms with Crippen LogP contribution in [0.5, 0.6) is 5.75 Å². The summed E-state index contributed by atoms with van der Waals surface area (Å²) in [6, 6.07) is 12.9. The average molecular weight is 223 g/mol. The Labute approximate surface area is 99.1 Å². The van der Waals surface area contributed by atoms with Gasteiger partial charge in [-0.1, -0.05) is 6.07 Å². The highest BCUT2D eigenvalue weighted by atomic mass is 16.5. The topological polar surface area (TPSA) is 37.9 Å². The second-order valence-corrected chi connectivity index (χ2v) is 3.75. The Morgan fingerprint density at radius 1 is 1.35 bits per heavy atom. The van der Waals surface area contributed by atoms with Crippen molar-refractivity contribution in [3.05, 3.63) is 48.8 Å². The lowest BCUT2D eigenvalue weighted by Crippen LogP contribution is -1.83. The summed E-state index contributed by atoms with van der Waals surface area (Å²) in [5, 5.41) is 1.11. The molecule has 0 aliphatic heterocycles. The van der Waals surface area contributed by atoms with Gasteiger partial charge in [0.15, 0.2) is 0 Å². The lowest BCUT2D eigenvalue weighted by atomic mass is 10.1. The monoisotopic (exact) mass is 223 g/mol. The molecule has 0 aliphatic rings. The molecule has 0 saturated carbocycles. The van der Waals surface area contributed by atoms with Crippen LogP contribution < -0.4 is 4.74 Å². The lowest BCUT2D eigenvalue weighted by Gasteiger charge is -2.02. The third-order valence-electron chi connectivity index (χ3n) is 2.76. The van der Waals surface area contributed by atoms with Crippen molar-refractivity contribution in [3.8, 4) is 16.9 Å². The van der Waals surface area contributed by atoms with Crippen LogP contribution in [0.3, 0.4) is 0 Å². The first-order valence-electron chi connectivity index (χ1n) is 5.36. The highest BCUT2D eigenvalue weighted by Crippen LogP contribution is 2.29. The number of benzene rings is 1. The first kappa shape index (κ1) is 9.90. The van der Waals surface area contributed by atoms with Crippen molar-refractivity contribution in [2.24, 2.45) is 0 Å². The molecule has 0 fully saturated rings. The molecule has 0 bridgehead atoms. The average Bonchev–Trinajstić information content (AvgIpc) is 2.82. The first-order valence-corrected chi connectivity index (χ1v) is 5.36. The van der Waals surface area contributed by atoms with E-state index in [1.807, 2.05) is 30.5 Å². The maximum Gasteiger partial charge on any atom is 0.137 e. The van der Waals surface area contributed by atoms with E-state index in [2.05, 4.69) is 22.1 Å². The van der Waals surface area contributed by atoms with Gasteiger partial charge >= 0.3 is 0 Å². The number of pyridine rings is 1. The molecule has 1 N–H and O–H groups in total. The first-order chi connectivity index (χ1) is 8.38. The third-order valence-corrected chi connectivity index (χ3v) is 2.76. The van der Waals surface area contributed by atoms with Gasteiger partial charge in [-0.25, -0.2) is 4.98 Å². The zero-order chi connectivity index (χ0) is 11.7. The molecule has 17 heavy (non-hydrogen) atoms. The van der Waals surface area contributed by atoms with E-state index in [0.717, 1.165) is 27.9 Å². The largest absolute Gasteiger partial charge is 0.496 e. The maximum atomic E-state index is 5.18. The fraction of sp³-hybridized carbons (Fsp3) is 0.0714. The third kappa shape index (κ3) is 1.65. The Bertz CT molecular complexity index is 658. The Morgan fingerprint density at radius 3 is 3.18 bits per heavy atom. The van der Waals surface area contributed by atoms with E-state index in [-0.39, 0.29) is 0 Å². The van der Waals surface area contributed by atoms with E-state index in [1.54, 1.807) is 13.3 Å². The Morgan fingerprint density at radius 2 is 2.29 bits per heavy atom. The van der Waals surface area contributed by atoms with Crippen molar-refractivity contribution in [2.45, 2.75) is 0 Å². The number of aromatic amines is 1. The summed E-state index contributed by atoms with van der Waals surface area (Å²) in [6.45, 7) is 0. The summed E-state index contributed by atoms with van der Waals surface area (Å²) < 4.78 is 5.18. The predicted octanol–water partition coefficient (Wildman–Crippen LogP) is 3.04. The van der Waals surface area contributed by atoms with Gasteiger partial charge in [-0.05, 0) is 29.8 Å². The van der Waals surface area contributed by atoms with E-state index in [1.165, 1.54) is 0 Å². The summed E-state index contributed by atoms with van der Waals surface area (Å²) in [5.74, 6) is 0.737. The number of nitrogens with zero attached hydrogens (tertiary/aromatic N) is 1. The van der Waals surface area contributed by atoms with E-state index < -0.39 is 0 Å². The molecule has 0 unspecified atom stereocenters. The van der Waals surface area contributed by atoms with Gasteiger partial charge in [-0.15, -0.1) is 0 Å². The molecule has 0 spiro atoms. The zero-order valence-electron chi connectivity index (χ0n) is 9.40. The number of hydrogen-bond acceptors (Lipinski definition) is 2. The lowest BCUT2D eigenvalue weighted by molar-refractivity contribution is 0.414. The van der Waals surface area contributed by atoms with Gasteiger partial charge < -0.3 is 9.72 Å². The maximum absolute atomic E-state index is 5.18. The van der Waals surface area contributed by atoms with Crippen LogP contribution in [0.15, 0.2) is 42.7 Å². The summed E-state index contributed by atoms with van der Waals surface area (Å²) >= 11 is 0. The molecular formula is C14H11N2O. The van der Waals surface area contributed by atoms with Crippen LogP contribution in [-0.2, 0) is 0 Å². The van der Waals surface area contributed by atoms with Crippen LogP contribution >= 0.6 is 0 Å². The number of fused-ring (bicyclic) bond motifs is 1. The number of H-pyrrole nitrogens is 1. The fourth-order valence-corrected chi connectivity index (χ4v) is 1.92. The van der Waals surface area contributed by atoms with Crippen LogP contribution in [0, 0.1) is 6.07 Å². The second kappa shape index (κ2) is 3.94. The van der Waals surface area contributed by atoms with Gasteiger partial charge in [0.1, 0.15) is 11.4 Å². The zero-order valence-corrected chi connectivity index (χ0v) is 9.40. The van der Waals surface area contributed by atoms with E-state index in [4.69, 9.17) is 4.74 Å². The van der Waals surface area contributed by atoms with E-state index in [9.17, 15) is 0 Å². The summed E-state index contributed by atoms with van der Waals surface area (Å²) in [6.07, 6.45) is 3.74. The van der Waals surface area contributed by atoms with Gasteiger partial charge in [0.2, 0.25) is 0 Å². The van der Waals surface area contributed by atoms with E-state index in [0.29, 0.717) is 0 Å². The minimum absolute atomic E-state index is 0.737.